The number of fused-ring (bicyclic) bond motifs is 1. The van der Waals surface area contributed by atoms with Gasteiger partial charge in [-0.15, -0.1) is 0 Å². The van der Waals surface area contributed by atoms with Gasteiger partial charge in [-0.3, -0.25) is 4.68 Å². The van der Waals surface area contributed by atoms with Crippen molar-refractivity contribution in [3.05, 3.63) is 11.5 Å². The first-order valence-electron chi connectivity index (χ1n) is 5.96. The molecule has 0 aliphatic heterocycles. The van der Waals surface area contributed by atoms with E-state index in [1.807, 2.05) is 37.6 Å². The summed E-state index contributed by atoms with van der Waals surface area (Å²) < 4.78 is 1.87. The van der Waals surface area contributed by atoms with Crippen LogP contribution in [0.4, 0.5) is 5.82 Å². The summed E-state index contributed by atoms with van der Waals surface area (Å²) in [5.41, 5.74) is 3.00. The van der Waals surface area contributed by atoms with Gasteiger partial charge in [0, 0.05) is 27.1 Å². The van der Waals surface area contributed by atoms with Gasteiger partial charge in [0.2, 0.25) is 0 Å². The second-order valence-corrected chi connectivity index (χ2v) is 4.98. The first kappa shape index (κ1) is 10.5. The van der Waals surface area contributed by atoms with E-state index in [4.69, 9.17) is 4.98 Å². The zero-order chi connectivity index (χ0) is 12.2. The lowest BCUT2D eigenvalue weighted by atomic mass is 10.3. The van der Waals surface area contributed by atoms with Gasteiger partial charge >= 0.3 is 0 Å². The Morgan fingerprint density at radius 3 is 2.53 bits per heavy atom. The van der Waals surface area contributed by atoms with Crippen molar-refractivity contribution in [3.63, 3.8) is 0 Å². The summed E-state index contributed by atoms with van der Waals surface area (Å²) in [6.45, 7) is 2.01. The highest BCUT2D eigenvalue weighted by molar-refractivity contribution is 5.87. The van der Waals surface area contributed by atoms with E-state index in [0.717, 1.165) is 28.4 Å². The average Bonchev–Trinajstić information content (AvgIpc) is 3.07. The Bertz CT molecular complexity index is 580. The van der Waals surface area contributed by atoms with E-state index >= 15 is 0 Å². The van der Waals surface area contributed by atoms with Gasteiger partial charge in [-0.2, -0.15) is 5.10 Å². The van der Waals surface area contributed by atoms with Crippen molar-refractivity contribution in [2.45, 2.75) is 25.7 Å². The number of rotatable bonds is 2. The molecule has 1 saturated carbocycles. The van der Waals surface area contributed by atoms with Crippen molar-refractivity contribution in [1.82, 2.24) is 19.7 Å². The summed E-state index contributed by atoms with van der Waals surface area (Å²) in [5.74, 6) is 2.52. The maximum atomic E-state index is 4.69. The van der Waals surface area contributed by atoms with E-state index in [-0.39, 0.29) is 0 Å². The molecule has 5 heteroatoms. The number of aryl methyl sites for hydroxylation is 2. The average molecular weight is 231 g/mol. The lowest BCUT2D eigenvalue weighted by molar-refractivity contribution is 0.779. The zero-order valence-corrected chi connectivity index (χ0v) is 10.7. The summed E-state index contributed by atoms with van der Waals surface area (Å²) in [4.78, 5) is 11.4. The molecule has 0 unspecified atom stereocenters. The summed E-state index contributed by atoms with van der Waals surface area (Å²) in [7, 11) is 5.98. The fourth-order valence-electron chi connectivity index (χ4n) is 2.17. The molecule has 0 atom stereocenters. The van der Waals surface area contributed by atoms with E-state index in [1.165, 1.54) is 12.8 Å². The maximum Gasteiger partial charge on any atom is 0.158 e. The van der Waals surface area contributed by atoms with Crippen LogP contribution in [-0.2, 0) is 7.05 Å². The third-order valence-electron chi connectivity index (χ3n) is 3.22. The Kier molecular flexibility index (Phi) is 2.11. The van der Waals surface area contributed by atoms with Crippen molar-refractivity contribution in [3.8, 4) is 0 Å². The predicted octanol–water partition coefficient (Wildman–Crippen LogP) is 1.62. The lowest BCUT2D eigenvalue weighted by Crippen LogP contribution is -2.14. The SMILES string of the molecule is Cc1nn(C)c2c(N(C)C)nc(C3CC3)nc12. The molecule has 3 rings (SSSR count). The van der Waals surface area contributed by atoms with Gasteiger partial charge in [-0.25, -0.2) is 9.97 Å². The topological polar surface area (TPSA) is 46.8 Å². The third-order valence-corrected chi connectivity index (χ3v) is 3.22. The Labute approximate surface area is 100 Å². The molecule has 1 aliphatic carbocycles. The molecule has 0 saturated heterocycles. The molecular formula is C12H17N5. The third kappa shape index (κ3) is 1.57. The summed E-state index contributed by atoms with van der Waals surface area (Å²) in [6, 6.07) is 0. The van der Waals surface area contributed by atoms with Crippen molar-refractivity contribution >= 4 is 16.9 Å². The minimum atomic E-state index is 0.567. The first-order chi connectivity index (χ1) is 8.08. The zero-order valence-electron chi connectivity index (χ0n) is 10.7. The second-order valence-electron chi connectivity index (χ2n) is 4.98. The molecule has 17 heavy (non-hydrogen) atoms. The van der Waals surface area contributed by atoms with Crippen molar-refractivity contribution in [1.29, 1.82) is 0 Å². The molecule has 0 radical (unpaired) electrons. The fraction of sp³-hybridized carbons (Fsp3) is 0.583. The number of anilines is 1. The number of hydrogen-bond donors (Lipinski definition) is 0. The van der Waals surface area contributed by atoms with Gasteiger partial charge in [0.05, 0.1) is 5.69 Å². The highest BCUT2D eigenvalue weighted by Gasteiger charge is 2.29. The number of aromatic nitrogens is 4. The molecule has 0 bridgehead atoms. The molecule has 0 N–H and O–H groups in total. The Hall–Kier alpha value is -1.65. The molecule has 5 nitrogen and oxygen atoms in total. The van der Waals surface area contributed by atoms with Crippen LogP contribution in [0.15, 0.2) is 0 Å². The summed E-state index contributed by atoms with van der Waals surface area (Å²) >= 11 is 0. The van der Waals surface area contributed by atoms with Crippen molar-refractivity contribution < 1.29 is 0 Å². The van der Waals surface area contributed by atoms with Gasteiger partial charge in [0.25, 0.3) is 0 Å². The van der Waals surface area contributed by atoms with Crippen LogP contribution in [0.2, 0.25) is 0 Å². The molecular weight excluding hydrogens is 214 g/mol. The second kappa shape index (κ2) is 3.42. The van der Waals surface area contributed by atoms with Crippen LogP contribution in [0, 0.1) is 6.92 Å². The van der Waals surface area contributed by atoms with Crippen LogP contribution in [0.1, 0.15) is 30.3 Å². The molecule has 1 aliphatic rings. The molecule has 0 amide bonds. The number of hydrogen-bond acceptors (Lipinski definition) is 4. The van der Waals surface area contributed by atoms with Gasteiger partial charge < -0.3 is 4.90 Å². The largest absolute Gasteiger partial charge is 0.361 e. The van der Waals surface area contributed by atoms with Crippen molar-refractivity contribution in [2.75, 3.05) is 19.0 Å². The van der Waals surface area contributed by atoms with Gasteiger partial charge in [0.15, 0.2) is 5.82 Å². The van der Waals surface area contributed by atoms with Crippen molar-refractivity contribution in [2.24, 2.45) is 7.05 Å². The highest BCUT2D eigenvalue weighted by Crippen LogP contribution is 2.39. The van der Waals surface area contributed by atoms with E-state index < -0.39 is 0 Å². The highest BCUT2D eigenvalue weighted by atomic mass is 15.3. The van der Waals surface area contributed by atoms with E-state index in [2.05, 4.69) is 10.1 Å². The van der Waals surface area contributed by atoms with Crippen LogP contribution in [-0.4, -0.2) is 33.8 Å². The minimum absolute atomic E-state index is 0.567. The van der Waals surface area contributed by atoms with Crippen LogP contribution in [0.3, 0.4) is 0 Å². The quantitative estimate of drug-likeness (QED) is 0.788. The van der Waals surface area contributed by atoms with E-state index in [0.29, 0.717) is 5.92 Å². The molecule has 0 spiro atoms. The Morgan fingerprint density at radius 1 is 1.24 bits per heavy atom. The van der Waals surface area contributed by atoms with Crippen LogP contribution in [0.5, 0.6) is 0 Å². The smallest absolute Gasteiger partial charge is 0.158 e. The lowest BCUT2D eigenvalue weighted by Gasteiger charge is -2.14. The monoisotopic (exact) mass is 231 g/mol. The fourth-order valence-corrected chi connectivity index (χ4v) is 2.17. The molecule has 90 valence electrons. The van der Waals surface area contributed by atoms with Gasteiger partial charge in [-0.1, -0.05) is 0 Å². The summed E-state index contributed by atoms with van der Waals surface area (Å²) in [6.07, 6.45) is 2.44. The molecule has 2 heterocycles. The normalized spacial score (nSPS) is 15.5. The standard InChI is InChI=1S/C12H17N5/c1-7-9-10(17(4)15-7)12(16(2)3)14-11(13-9)8-5-6-8/h8H,5-6H2,1-4H3. The van der Waals surface area contributed by atoms with E-state index in [1.54, 1.807) is 0 Å². The van der Waals surface area contributed by atoms with Crippen LogP contribution >= 0.6 is 0 Å². The van der Waals surface area contributed by atoms with Crippen LogP contribution in [0.25, 0.3) is 11.0 Å². The molecule has 0 aromatic carbocycles. The minimum Gasteiger partial charge on any atom is -0.361 e. The number of nitrogens with zero attached hydrogens (tertiary/aromatic N) is 5. The Morgan fingerprint density at radius 2 is 1.94 bits per heavy atom. The molecule has 2 aromatic rings. The molecule has 1 fully saturated rings. The predicted molar refractivity (Wildman–Crippen MR) is 67.3 cm³/mol. The first-order valence-corrected chi connectivity index (χ1v) is 5.96. The van der Waals surface area contributed by atoms with E-state index in [9.17, 15) is 0 Å². The van der Waals surface area contributed by atoms with Gasteiger partial charge in [0.1, 0.15) is 16.9 Å². The van der Waals surface area contributed by atoms with Crippen LogP contribution < -0.4 is 4.90 Å². The molecule has 2 aromatic heterocycles. The maximum absolute atomic E-state index is 4.69. The Balaban J connectivity index is 2.33. The van der Waals surface area contributed by atoms with Gasteiger partial charge in [-0.05, 0) is 19.8 Å². The summed E-state index contributed by atoms with van der Waals surface area (Å²) in [5, 5.41) is 4.44.